The maximum absolute atomic E-state index is 13.0. The lowest BCUT2D eigenvalue weighted by Gasteiger charge is -2.24. The van der Waals surface area contributed by atoms with Gasteiger partial charge < -0.3 is 5.32 Å². The first-order valence-electron chi connectivity index (χ1n) is 5.59. The van der Waals surface area contributed by atoms with Crippen LogP contribution in [0.25, 0.3) is 0 Å². The van der Waals surface area contributed by atoms with Crippen LogP contribution in [-0.4, -0.2) is 25.5 Å². The highest BCUT2D eigenvalue weighted by atomic mass is 32.2. The predicted octanol–water partition coefficient (Wildman–Crippen LogP) is 1.49. The first-order chi connectivity index (χ1) is 7.89. The van der Waals surface area contributed by atoms with E-state index >= 15 is 0 Å². The van der Waals surface area contributed by atoms with Gasteiger partial charge in [0.2, 0.25) is 0 Å². The third-order valence-electron chi connectivity index (χ3n) is 3.11. The molecule has 0 saturated carbocycles. The van der Waals surface area contributed by atoms with Crippen LogP contribution in [-0.2, 0) is 16.4 Å². The Morgan fingerprint density at radius 1 is 1.47 bits per heavy atom. The Morgan fingerprint density at radius 3 is 2.82 bits per heavy atom. The van der Waals surface area contributed by atoms with Crippen molar-refractivity contribution in [1.29, 1.82) is 0 Å². The molecule has 1 aromatic carbocycles. The molecule has 1 aliphatic rings. The van der Waals surface area contributed by atoms with Crippen LogP contribution in [0.1, 0.15) is 18.9 Å². The summed E-state index contributed by atoms with van der Waals surface area (Å²) in [6.07, 6.45) is 0.616. The van der Waals surface area contributed by atoms with Crippen LogP contribution in [0.4, 0.5) is 4.39 Å². The third-order valence-corrected chi connectivity index (χ3v) is 5.01. The average molecular weight is 257 g/mol. The number of halogens is 1. The smallest absolute Gasteiger partial charge is 0.152 e. The van der Waals surface area contributed by atoms with Gasteiger partial charge in [0.25, 0.3) is 0 Å². The van der Waals surface area contributed by atoms with Crippen molar-refractivity contribution in [2.75, 3.05) is 11.5 Å². The molecule has 0 aliphatic carbocycles. The summed E-state index contributed by atoms with van der Waals surface area (Å²) in [5.74, 6) is 0.128. The van der Waals surface area contributed by atoms with E-state index in [0.29, 0.717) is 13.0 Å². The van der Waals surface area contributed by atoms with Crippen molar-refractivity contribution in [2.24, 2.45) is 0 Å². The molecule has 1 aliphatic heterocycles. The van der Waals surface area contributed by atoms with Crippen molar-refractivity contribution in [3.63, 3.8) is 0 Å². The largest absolute Gasteiger partial charge is 0.306 e. The van der Waals surface area contributed by atoms with Crippen molar-refractivity contribution in [3.05, 3.63) is 35.6 Å². The van der Waals surface area contributed by atoms with E-state index in [1.54, 1.807) is 6.07 Å². The molecule has 5 heteroatoms. The zero-order valence-electron chi connectivity index (χ0n) is 9.74. The molecule has 1 fully saturated rings. The highest BCUT2D eigenvalue weighted by Crippen LogP contribution is 2.23. The quantitative estimate of drug-likeness (QED) is 0.892. The molecule has 0 bridgehead atoms. The van der Waals surface area contributed by atoms with Crippen molar-refractivity contribution < 1.29 is 12.8 Å². The molecule has 1 saturated heterocycles. The molecule has 1 aromatic rings. The van der Waals surface area contributed by atoms with Crippen LogP contribution in [0.5, 0.6) is 0 Å². The summed E-state index contributed by atoms with van der Waals surface area (Å²) in [5, 5.41) is 3.21. The molecule has 1 atom stereocenters. The van der Waals surface area contributed by atoms with Gasteiger partial charge in [0, 0.05) is 12.1 Å². The highest BCUT2D eigenvalue weighted by Gasteiger charge is 2.37. The van der Waals surface area contributed by atoms with E-state index in [2.05, 4.69) is 5.32 Å². The van der Waals surface area contributed by atoms with Crippen LogP contribution < -0.4 is 5.32 Å². The Hall–Kier alpha value is -0.940. The van der Waals surface area contributed by atoms with Crippen molar-refractivity contribution in [1.82, 2.24) is 5.32 Å². The maximum atomic E-state index is 13.0. The van der Waals surface area contributed by atoms with Gasteiger partial charge >= 0.3 is 0 Å². The standard InChI is InChI=1S/C12H16FNO2S/c1-12(5-6-17(15,16)9-12)14-8-10-3-2-4-11(13)7-10/h2-4,7,14H,5-6,8-9H2,1H3/t12-/m1/s1. The van der Waals surface area contributed by atoms with Gasteiger partial charge in [-0.2, -0.15) is 0 Å². The van der Waals surface area contributed by atoms with E-state index in [9.17, 15) is 12.8 Å². The number of hydrogen-bond donors (Lipinski definition) is 1. The number of benzene rings is 1. The second-order valence-electron chi connectivity index (χ2n) is 4.89. The second kappa shape index (κ2) is 4.38. The van der Waals surface area contributed by atoms with E-state index in [1.165, 1.54) is 12.1 Å². The van der Waals surface area contributed by atoms with Crippen LogP contribution in [0.15, 0.2) is 24.3 Å². The SMILES string of the molecule is C[C@@]1(NCc2cccc(F)c2)CCS(=O)(=O)C1. The van der Waals surface area contributed by atoms with E-state index in [1.807, 2.05) is 13.0 Å². The number of rotatable bonds is 3. The van der Waals surface area contributed by atoms with Crippen LogP contribution in [0.2, 0.25) is 0 Å². The minimum atomic E-state index is -2.90. The molecule has 0 amide bonds. The highest BCUT2D eigenvalue weighted by molar-refractivity contribution is 7.91. The average Bonchev–Trinajstić information content (AvgIpc) is 2.51. The third kappa shape index (κ3) is 3.26. The summed E-state index contributed by atoms with van der Waals surface area (Å²) in [6.45, 7) is 2.39. The van der Waals surface area contributed by atoms with Crippen molar-refractivity contribution in [2.45, 2.75) is 25.4 Å². The normalized spacial score (nSPS) is 27.2. The molecule has 2 rings (SSSR count). The van der Waals surface area contributed by atoms with Gasteiger partial charge in [-0.1, -0.05) is 12.1 Å². The summed E-state index contributed by atoms with van der Waals surface area (Å²) >= 11 is 0. The zero-order valence-corrected chi connectivity index (χ0v) is 10.6. The number of hydrogen-bond acceptors (Lipinski definition) is 3. The Morgan fingerprint density at radius 2 is 2.24 bits per heavy atom. The summed E-state index contributed by atoms with van der Waals surface area (Å²) in [6, 6.07) is 6.33. The second-order valence-corrected chi connectivity index (χ2v) is 7.07. The van der Waals surface area contributed by atoms with Gasteiger partial charge in [-0.15, -0.1) is 0 Å². The minimum absolute atomic E-state index is 0.162. The van der Waals surface area contributed by atoms with E-state index in [0.717, 1.165) is 5.56 Å². The molecular weight excluding hydrogens is 241 g/mol. The van der Waals surface area contributed by atoms with Gasteiger partial charge in [-0.3, -0.25) is 0 Å². The fourth-order valence-corrected chi connectivity index (χ4v) is 4.24. The maximum Gasteiger partial charge on any atom is 0.152 e. The zero-order chi connectivity index (χ0) is 12.5. The lowest BCUT2D eigenvalue weighted by molar-refractivity contribution is 0.395. The fraction of sp³-hybridized carbons (Fsp3) is 0.500. The molecule has 0 radical (unpaired) electrons. The molecule has 1 N–H and O–H groups in total. The fourth-order valence-electron chi connectivity index (χ4n) is 2.11. The van der Waals surface area contributed by atoms with Gasteiger partial charge in [-0.05, 0) is 31.0 Å². The van der Waals surface area contributed by atoms with Gasteiger partial charge in [-0.25, -0.2) is 12.8 Å². The molecule has 3 nitrogen and oxygen atoms in total. The first kappa shape index (κ1) is 12.5. The Balaban J connectivity index is 1.99. The monoisotopic (exact) mass is 257 g/mol. The minimum Gasteiger partial charge on any atom is -0.306 e. The van der Waals surface area contributed by atoms with Gasteiger partial charge in [0.05, 0.1) is 11.5 Å². The number of nitrogens with one attached hydrogen (secondary N) is 1. The van der Waals surface area contributed by atoms with Crippen molar-refractivity contribution in [3.8, 4) is 0 Å². The lowest BCUT2D eigenvalue weighted by Crippen LogP contribution is -2.42. The van der Waals surface area contributed by atoms with E-state index < -0.39 is 9.84 Å². The van der Waals surface area contributed by atoms with Crippen molar-refractivity contribution >= 4 is 9.84 Å². The topological polar surface area (TPSA) is 46.2 Å². The molecular formula is C12H16FNO2S. The van der Waals surface area contributed by atoms with Crippen LogP contribution in [0, 0.1) is 5.82 Å². The molecule has 1 heterocycles. The Bertz CT molecular complexity index is 515. The summed E-state index contributed by atoms with van der Waals surface area (Å²) in [5.41, 5.74) is 0.445. The van der Waals surface area contributed by atoms with E-state index in [4.69, 9.17) is 0 Å². The lowest BCUT2D eigenvalue weighted by atomic mass is 10.0. The molecule has 17 heavy (non-hydrogen) atoms. The summed E-state index contributed by atoms with van der Waals surface area (Å²) < 4.78 is 35.8. The van der Waals surface area contributed by atoms with Crippen LogP contribution in [0.3, 0.4) is 0 Å². The van der Waals surface area contributed by atoms with E-state index in [-0.39, 0.29) is 22.9 Å². The Labute approximate surface area is 101 Å². The number of sulfone groups is 1. The first-order valence-corrected chi connectivity index (χ1v) is 7.41. The molecule has 94 valence electrons. The van der Waals surface area contributed by atoms with Gasteiger partial charge in [0.1, 0.15) is 5.82 Å². The molecule has 0 aromatic heterocycles. The predicted molar refractivity (Wildman–Crippen MR) is 64.9 cm³/mol. The molecule has 0 unspecified atom stereocenters. The molecule has 0 spiro atoms. The summed E-state index contributed by atoms with van der Waals surface area (Å²) in [7, 11) is -2.90. The van der Waals surface area contributed by atoms with Crippen LogP contribution >= 0.6 is 0 Å². The van der Waals surface area contributed by atoms with Gasteiger partial charge in [0.15, 0.2) is 9.84 Å². The Kier molecular flexibility index (Phi) is 3.23. The summed E-state index contributed by atoms with van der Waals surface area (Å²) in [4.78, 5) is 0.